The summed E-state index contributed by atoms with van der Waals surface area (Å²) in [5, 5.41) is 10.4. The summed E-state index contributed by atoms with van der Waals surface area (Å²) in [6.07, 6.45) is 13.7. The van der Waals surface area contributed by atoms with Gasteiger partial charge in [-0.1, -0.05) is 60.0 Å². The Balaban J connectivity index is 1.49. The minimum Gasteiger partial charge on any atom is -0.385 e. The quantitative estimate of drug-likeness (QED) is 0.485. The van der Waals surface area contributed by atoms with Gasteiger partial charge in [0.2, 0.25) is 0 Å². The van der Waals surface area contributed by atoms with E-state index in [2.05, 4.69) is 41.5 Å². The summed E-state index contributed by atoms with van der Waals surface area (Å²) in [6.45, 7) is 14.7. The van der Waals surface area contributed by atoms with E-state index in [0.717, 1.165) is 41.9 Å². The molecule has 4 aliphatic carbocycles. The fourth-order valence-corrected chi connectivity index (χ4v) is 9.28. The van der Waals surface area contributed by atoms with E-state index in [9.17, 15) is 9.90 Å². The van der Waals surface area contributed by atoms with Crippen LogP contribution in [0.15, 0.2) is 11.6 Å². The Morgan fingerprint density at radius 3 is 2.48 bits per heavy atom. The molecular weight excluding hydrogens is 380 g/mol. The Labute approximate surface area is 191 Å². The summed E-state index contributed by atoms with van der Waals surface area (Å²) in [7, 11) is 0. The highest BCUT2D eigenvalue weighted by atomic mass is 16.3. The SMILES string of the molecule is CC[C@H](CC[C@@H](C)[C@H]1CC[C@H]2[C@@H]3CCC4=CC(=O)C(O)C[C@]4(C)[C@H]3CC[C@]12C)C(C)C. The van der Waals surface area contributed by atoms with Crippen LogP contribution in [-0.2, 0) is 4.79 Å². The molecule has 0 radical (unpaired) electrons. The standard InChI is InChI=1S/C29H48O2/c1-7-20(18(2)3)9-8-19(4)23-12-13-24-22-11-10-21-16-26(30)27(31)17-29(21,6)25(22)14-15-28(23,24)5/h16,18-20,22-25,27,31H,7-15,17H2,1-6H3/t19-,20-,22+,23-,24+,25+,27?,28-,29+/m1/s1. The molecule has 0 spiro atoms. The van der Waals surface area contributed by atoms with Crippen molar-refractivity contribution in [3.05, 3.63) is 11.6 Å². The third kappa shape index (κ3) is 3.87. The lowest BCUT2D eigenvalue weighted by molar-refractivity contribution is -0.128. The molecule has 1 unspecified atom stereocenters. The highest BCUT2D eigenvalue weighted by molar-refractivity contribution is 5.95. The third-order valence-corrected chi connectivity index (χ3v) is 11.2. The second-order valence-electron chi connectivity index (χ2n) is 12.8. The van der Waals surface area contributed by atoms with Crippen LogP contribution in [0, 0.1) is 52.3 Å². The first kappa shape index (κ1) is 23.5. The number of hydrogen-bond acceptors (Lipinski definition) is 2. The summed E-state index contributed by atoms with van der Waals surface area (Å²) in [6, 6.07) is 0. The van der Waals surface area contributed by atoms with Crippen LogP contribution in [-0.4, -0.2) is 17.0 Å². The average Bonchev–Trinajstić information content (AvgIpc) is 3.06. The molecule has 3 saturated carbocycles. The second-order valence-corrected chi connectivity index (χ2v) is 12.8. The molecule has 0 saturated heterocycles. The first-order valence-corrected chi connectivity index (χ1v) is 13.5. The second kappa shape index (κ2) is 8.62. The fourth-order valence-electron chi connectivity index (χ4n) is 9.28. The van der Waals surface area contributed by atoms with Crippen molar-refractivity contribution in [2.45, 2.75) is 112 Å². The number of hydrogen-bond donors (Lipinski definition) is 1. The number of aliphatic hydroxyl groups excluding tert-OH is 1. The molecule has 176 valence electrons. The number of ketones is 1. The van der Waals surface area contributed by atoms with E-state index < -0.39 is 6.10 Å². The van der Waals surface area contributed by atoms with E-state index in [0.29, 0.717) is 17.8 Å². The van der Waals surface area contributed by atoms with Gasteiger partial charge in [0, 0.05) is 0 Å². The third-order valence-electron chi connectivity index (χ3n) is 11.2. The van der Waals surface area contributed by atoms with Gasteiger partial charge in [-0.3, -0.25) is 4.79 Å². The van der Waals surface area contributed by atoms with Gasteiger partial charge in [0.15, 0.2) is 5.78 Å². The lowest BCUT2D eigenvalue weighted by Gasteiger charge is -2.59. The summed E-state index contributed by atoms with van der Waals surface area (Å²) in [5.41, 5.74) is 1.91. The van der Waals surface area contributed by atoms with Crippen molar-refractivity contribution >= 4 is 5.78 Å². The van der Waals surface area contributed by atoms with E-state index >= 15 is 0 Å². The van der Waals surface area contributed by atoms with Crippen molar-refractivity contribution in [2.75, 3.05) is 0 Å². The Kier molecular flexibility index (Phi) is 6.54. The first-order valence-electron chi connectivity index (χ1n) is 13.5. The monoisotopic (exact) mass is 428 g/mol. The van der Waals surface area contributed by atoms with Crippen molar-refractivity contribution < 1.29 is 9.90 Å². The van der Waals surface area contributed by atoms with Crippen molar-refractivity contribution in [3.8, 4) is 0 Å². The highest BCUT2D eigenvalue weighted by Gasteiger charge is 2.60. The Hall–Kier alpha value is -0.630. The maximum Gasteiger partial charge on any atom is 0.184 e. The number of fused-ring (bicyclic) bond motifs is 5. The van der Waals surface area contributed by atoms with E-state index in [1.54, 1.807) is 0 Å². The van der Waals surface area contributed by atoms with Gasteiger partial charge in [-0.25, -0.2) is 0 Å². The maximum atomic E-state index is 12.1. The van der Waals surface area contributed by atoms with Gasteiger partial charge in [-0.2, -0.15) is 0 Å². The molecule has 2 heteroatoms. The summed E-state index contributed by atoms with van der Waals surface area (Å²) in [5.74, 6) is 5.65. The summed E-state index contributed by atoms with van der Waals surface area (Å²) in [4.78, 5) is 12.1. The predicted octanol–water partition coefficient (Wildman–Crippen LogP) is 7.20. The molecule has 0 heterocycles. The smallest absolute Gasteiger partial charge is 0.184 e. The maximum absolute atomic E-state index is 12.1. The molecule has 2 nitrogen and oxygen atoms in total. The number of rotatable bonds is 6. The van der Waals surface area contributed by atoms with Crippen LogP contribution in [0.2, 0.25) is 0 Å². The van der Waals surface area contributed by atoms with Crippen LogP contribution in [0.5, 0.6) is 0 Å². The van der Waals surface area contributed by atoms with Crippen LogP contribution in [0.3, 0.4) is 0 Å². The van der Waals surface area contributed by atoms with Gasteiger partial charge in [-0.15, -0.1) is 0 Å². The van der Waals surface area contributed by atoms with Crippen LogP contribution < -0.4 is 0 Å². The van der Waals surface area contributed by atoms with Gasteiger partial charge >= 0.3 is 0 Å². The Morgan fingerprint density at radius 1 is 1.06 bits per heavy atom. The van der Waals surface area contributed by atoms with Crippen molar-refractivity contribution in [1.29, 1.82) is 0 Å². The molecule has 4 rings (SSSR count). The van der Waals surface area contributed by atoms with Crippen LogP contribution in [0.25, 0.3) is 0 Å². The Bertz CT molecular complexity index is 708. The topological polar surface area (TPSA) is 37.3 Å². The molecule has 0 aromatic heterocycles. The highest BCUT2D eigenvalue weighted by Crippen LogP contribution is 2.67. The van der Waals surface area contributed by atoms with Gasteiger partial charge in [0.25, 0.3) is 0 Å². The lowest BCUT2D eigenvalue weighted by atomic mass is 9.46. The van der Waals surface area contributed by atoms with Crippen LogP contribution in [0.4, 0.5) is 0 Å². The van der Waals surface area contributed by atoms with Gasteiger partial charge in [0.05, 0.1) is 0 Å². The molecule has 1 N–H and O–H groups in total. The number of allylic oxidation sites excluding steroid dienone is 1. The normalized spacial score (nSPS) is 44.3. The molecule has 0 aromatic rings. The summed E-state index contributed by atoms with van der Waals surface area (Å²) >= 11 is 0. The number of carbonyl (C=O) groups excluding carboxylic acids is 1. The van der Waals surface area contributed by atoms with E-state index in [4.69, 9.17) is 0 Å². The average molecular weight is 429 g/mol. The van der Waals surface area contributed by atoms with E-state index in [1.165, 1.54) is 56.9 Å². The molecule has 0 aromatic carbocycles. The predicted molar refractivity (Wildman–Crippen MR) is 129 cm³/mol. The minimum atomic E-state index is -0.773. The van der Waals surface area contributed by atoms with E-state index in [1.807, 2.05) is 6.08 Å². The zero-order valence-corrected chi connectivity index (χ0v) is 21.1. The van der Waals surface area contributed by atoms with Crippen molar-refractivity contribution in [3.63, 3.8) is 0 Å². The largest absolute Gasteiger partial charge is 0.385 e. The fraction of sp³-hybridized carbons (Fsp3) is 0.897. The molecule has 0 bridgehead atoms. The summed E-state index contributed by atoms with van der Waals surface area (Å²) < 4.78 is 0. The molecule has 0 aliphatic heterocycles. The zero-order chi connectivity index (χ0) is 22.6. The molecule has 9 atom stereocenters. The van der Waals surface area contributed by atoms with Crippen LogP contribution >= 0.6 is 0 Å². The number of aliphatic hydroxyl groups is 1. The van der Waals surface area contributed by atoms with Gasteiger partial charge in [-0.05, 0) is 110 Å². The molecule has 4 aliphatic rings. The van der Waals surface area contributed by atoms with Crippen molar-refractivity contribution in [1.82, 2.24) is 0 Å². The van der Waals surface area contributed by atoms with Gasteiger partial charge < -0.3 is 5.11 Å². The molecule has 3 fully saturated rings. The first-order chi connectivity index (χ1) is 14.6. The zero-order valence-electron chi connectivity index (χ0n) is 21.1. The van der Waals surface area contributed by atoms with Gasteiger partial charge in [0.1, 0.15) is 6.10 Å². The van der Waals surface area contributed by atoms with Crippen LogP contribution in [0.1, 0.15) is 106 Å². The lowest BCUT2D eigenvalue weighted by Crippen LogP contribution is -2.52. The molecule has 0 amide bonds. The number of carbonyl (C=O) groups is 1. The molecule has 31 heavy (non-hydrogen) atoms. The van der Waals surface area contributed by atoms with E-state index in [-0.39, 0.29) is 11.2 Å². The van der Waals surface area contributed by atoms with Crippen molar-refractivity contribution in [2.24, 2.45) is 52.3 Å². The Morgan fingerprint density at radius 2 is 1.81 bits per heavy atom. The molecular formula is C29H48O2. The minimum absolute atomic E-state index is 0.0480.